The molecular formula is C22H38O8. The molecule has 8 heteroatoms. The summed E-state index contributed by atoms with van der Waals surface area (Å²) < 4.78 is 20.7. The molecule has 3 unspecified atom stereocenters. The second-order valence-electron chi connectivity index (χ2n) is 7.25. The minimum Gasteiger partial charge on any atom is -0.466 e. The Bertz CT molecular complexity index is 531. The van der Waals surface area contributed by atoms with Crippen LogP contribution in [-0.2, 0) is 38.1 Å². The summed E-state index contributed by atoms with van der Waals surface area (Å²) in [5.74, 6) is -4.93. The number of esters is 4. The lowest BCUT2D eigenvalue weighted by atomic mass is 9.84. The van der Waals surface area contributed by atoms with Crippen molar-refractivity contribution >= 4 is 23.9 Å². The van der Waals surface area contributed by atoms with Gasteiger partial charge in [-0.15, -0.1) is 0 Å². The summed E-state index contributed by atoms with van der Waals surface area (Å²) in [5.41, 5.74) is 0. The molecule has 0 N–H and O–H groups in total. The molecule has 0 aliphatic heterocycles. The Morgan fingerprint density at radius 2 is 1.07 bits per heavy atom. The summed E-state index contributed by atoms with van der Waals surface area (Å²) in [6.07, 6.45) is 2.27. The van der Waals surface area contributed by atoms with Crippen molar-refractivity contribution in [2.45, 2.75) is 73.1 Å². The fraction of sp³-hybridized carbons (Fsp3) is 0.818. The summed E-state index contributed by atoms with van der Waals surface area (Å²) in [6, 6.07) is 0. The normalized spacial score (nSPS) is 13.6. The van der Waals surface area contributed by atoms with E-state index in [1.54, 1.807) is 6.92 Å². The van der Waals surface area contributed by atoms with Gasteiger partial charge in [-0.2, -0.15) is 0 Å². The lowest BCUT2D eigenvalue weighted by molar-refractivity contribution is -0.164. The first kappa shape index (κ1) is 27.9. The van der Waals surface area contributed by atoms with E-state index >= 15 is 0 Å². The van der Waals surface area contributed by atoms with E-state index in [2.05, 4.69) is 0 Å². The number of hydrogen-bond donors (Lipinski definition) is 0. The number of rotatable bonds is 16. The lowest BCUT2D eigenvalue weighted by Gasteiger charge is -2.25. The van der Waals surface area contributed by atoms with Crippen molar-refractivity contribution in [2.75, 3.05) is 26.4 Å². The second kappa shape index (κ2) is 16.7. The molecule has 0 rings (SSSR count). The van der Waals surface area contributed by atoms with Crippen LogP contribution in [0.2, 0.25) is 0 Å². The van der Waals surface area contributed by atoms with Gasteiger partial charge in [0.25, 0.3) is 0 Å². The molecule has 0 aliphatic rings. The van der Waals surface area contributed by atoms with Gasteiger partial charge >= 0.3 is 23.9 Å². The highest BCUT2D eigenvalue weighted by Crippen LogP contribution is 2.27. The third kappa shape index (κ3) is 11.2. The Kier molecular flexibility index (Phi) is 15.5. The third-order valence-electron chi connectivity index (χ3n) is 4.38. The Labute approximate surface area is 180 Å². The monoisotopic (exact) mass is 430 g/mol. The molecule has 0 aromatic rings. The molecule has 0 bridgehead atoms. The van der Waals surface area contributed by atoms with Crippen LogP contribution in [0.1, 0.15) is 73.1 Å². The van der Waals surface area contributed by atoms with E-state index in [-0.39, 0.29) is 39.3 Å². The molecule has 0 aliphatic carbocycles. The number of carbonyl (C=O) groups excluding carboxylic acids is 4. The van der Waals surface area contributed by atoms with Crippen LogP contribution in [0.4, 0.5) is 0 Å². The van der Waals surface area contributed by atoms with Crippen molar-refractivity contribution in [2.24, 2.45) is 17.8 Å². The maximum Gasteiger partial charge on any atom is 0.309 e. The topological polar surface area (TPSA) is 105 Å². The number of carbonyl (C=O) groups is 4. The zero-order valence-electron chi connectivity index (χ0n) is 19.1. The van der Waals surface area contributed by atoms with Gasteiger partial charge in [-0.3, -0.25) is 19.2 Å². The van der Waals surface area contributed by atoms with Gasteiger partial charge in [-0.05, 0) is 32.1 Å². The predicted octanol–water partition coefficient (Wildman–Crippen LogP) is 3.45. The predicted molar refractivity (Wildman–Crippen MR) is 110 cm³/mol. The van der Waals surface area contributed by atoms with Crippen LogP contribution in [-0.4, -0.2) is 50.3 Å². The molecule has 0 heterocycles. The fourth-order valence-corrected chi connectivity index (χ4v) is 2.68. The van der Waals surface area contributed by atoms with Gasteiger partial charge in [0.15, 0.2) is 0 Å². The van der Waals surface area contributed by atoms with Crippen molar-refractivity contribution in [1.82, 2.24) is 0 Å². The summed E-state index contributed by atoms with van der Waals surface area (Å²) in [4.78, 5) is 49.7. The standard InChI is InChI=1S/C22H38O8/c1-6-10-27-19(23)15-17(21(25)29-12-8-3)14-18(22(26)30-13-9-4)16(5)20(24)28-11-7-2/h16-18H,6-15H2,1-5H3. The number of hydrogen-bond acceptors (Lipinski definition) is 8. The Morgan fingerprint density at radius 3 is 1.57 bits per heavy atom. The van der Waals surface area contributed by atoms with Crippen molar-refractivity contribution < 1.29 is 38.1 Å². The Morgan fingerprint density at radius 1 is 0.633 bits per heavy atom. The van der Waals surface area contributed by atoms with Gasteiger partial charge < -0.3 is 18.9 Å². The van der Waals surface area contributed by atoms with Gasteiger partial charge in [-0.25, -0.2) is 0 Å². The molecule has 8 nitrogen and oxygen atoms in total. The highest BCUT2D eigenvalue weighted by Gasteiger charge is 2.38. The van der Waals surface area contributed by atoms with E-state index in [1.165, 1.54) is 0 Å². The SMILES string of the molecule is CCCOC(=O)CC(CC(C(=O)OCCC)C(C)C(=O)OCCC)C(=O)OCCC. The average Bonchev–Trinajstić information content (AvgIpc) is 2.74. The lowest BCUT2D eigenvalue weighted by Crippen LogP contribution is -2.35. The molecule has 174 valence electrons. The number of ether oxygens (including phenoxy) is 4. The highest BCUT2D eigenvalue weighted by molar-refractivity contribution is 5.84. The van der Waals surface area contributed by atoms with Crippen LogP contribution in [0, 0.1) is 17.8 Å². The van der Waals surface area contributed by atoms with E-state index in [0.717, 1.165) is 0 Å². The maximum absolute atomic E-state index is 12.7. The fourth-order valence-electron chi connectivity index (χ4n) is 2.68. The van der Waals surface area contributed by atoms with E-state index in [1.807, 2.05) is 27.7 Å². The largest absolute Gasteiger partial charge is 0.466 e. The maximum atomic E-state index is 12.7. The average molecular weight is 431 g/mol. The smallest absolute Gasteiger partial charge is 0.309 e. The zero-order chi connectivity index (χ0) is 22.9. The Hall–Kier alpha value is -2.12. The van der Waals surface area contributed by atoms with Crippen LogP contribution in [0.25, 0.3) is 0 Å². The summed E-state index contributed by atoms with van der Waals surface area (Å²) in [7, 11) is 0. The first-order valence-electron chi connectivity index (χ1n) is 11.0. The van der Waals surface area contributed by atoms with Crippen LogP contribution in [0.3, 0.4) is 0 Å². The summed E-state index contributed by atoms with van der Waals surface area (Å²) in [6.45, 7) is 9.91. The molecule has 0 aromatic heterocycles. The molecule has 0 fully saturated rings. The molecule has 0 spiro atoms. The molecule has 30 heavy (non-hydrogen) atoms. The van der Waals surface area contributed by atoms with Crippen molar-refractivity contribution in [3.8, 4) is 0 Å². The van der Waals surface area contributed by atoms with Crippen LogP contribution < -0.4 is 0 Å². The molecule has 3 atom stereocenters. The molecule has 0 amide bonds. The van der Waals surface area contributed by atoms with Gasteiger partial charge in [-0.1, -0.05) is 34.6 Å². The first-order valence-corrected chi connectivity index (χ1v) is 11.0. The van der Waals surface area contributed by atoms with Gasteiger partial charge in [0, 0.05) is 0 Å². The van der Waals surface area contributed by atoms with Crippen LogP contribution in [0.5, 0.6) is 0 Å². The van der Waals surface area contributed by atoms with Crippen molar-refractivity contribution in [3.63, 3.8) is 0 Å². The zero-order valence-corrected chi connectivity index (χ0v) is 19.1. The second-order valence-corrected chi connectivity index (χ2v) is 7.25. The van der Waals surface area contributed by atoms with E-state index in [9.17, 15) is 19.2 Å². The van der Waals surface area contributed by atoms with E-state index < -0.39 is 41.6 Å². The molecular weight excluding hydrogens is 392 g/mol. The Balaban J connectivity index is 5.51. The quantitative estimate of drug-likeness (QED) is 0.271. The van der Waals surface area contributed by atoms with Crippen LogP contribution >= 0.6 is 0 Å². The van der Waals surface area contributed by atoms with Crippen molar-refractivity contribution in [3.05, 3.63) is 0 Å². The highest BCUT2D eigenvalue weighted by atomic mass is 16.5. The van der Waals surface area contributed by atoms with Crippen molar-refractivity contribution in [1.29, 1.82) is 0 Å². The third-order valence-corrected chi connectivity index (χ3v) is 4.38. The molecule has 0 saturated carbocycles. The minimum atomic E-state index is -0.931. The van der Waals surface area contributed by atoms with Gasteiger partial charge in [0.05, 0.1) is 50.6 Å². The van der Waals surface area contributed by atoms with Gasteiger partial charge in [0.2, 0.25) is 0 Å². The minimum absolute atomic E-state index is 0.0608. The van der Waals surface area contributed by atoms with Crippen LogP contribution in [0.15, 0.2) is 0 Å². The molecule has 0 saturated heterocycles. The molecule has 0 aromatic carbocycles. The summed E-state index contributed by atoms with van der Waals surface area (Å²) in [5, 5.41) is 0. The van der Waals surface area contributed by atoms with E-state index in [4.69, 9.17) is 18.9 Å². The van der Waals surface area contributed by atoms with Gasteiger partial charge in [0.1, 0.15) is 0 Å². The molecule has 0 radical (unpaired) electrons. The summed E-state index contributed by atoms with van der Waals surface area (Å²) >= 11 is 0. The first-order chi connectivity index (χ1) is 14.3. The van der Waals surface area contributed by atoms with E-state index in [0.29, 0.717) is 25.7 Å².